The van der Waals surface area contributed by atoms with Gasteiger partial charge in [0.2, 0.25) is 5.88 Å². The Morgan fingerprint density at radius 1 is 1.23 bits per heavy atom. The maximum Gasteiger partial charge on any atom is 0.346 e. The van der Waals surface area contributed by atoms with E-state index in [1.54, 1.807) is 14.0 Å². The van der Waals surface area contributed by atoms with Crippen LogP contribution in [0, 0.1) is 6.92 Å². The zero-order chi connectivity index (χ0) is 19.6. The van der Waals surface area contributed by atoms with Crippen LogP contribution in [0.4, 0.5) is 0 Å². The molecule has 0 aliphatic heterocycles. The van der Waals surface area contributed by atoms with Crippen molar-refractivity contribution in [2.45, 2.75) is 20.0 Å². The molecular weight excluding hydrogens is 385 g/mol. The minimum absolute atomic E-state index is 0.117. The number of rotatable bonds is 6. The largest absolute Gasteiger partial charge is 0.477 e. The van der Waals surface area contributed by atoms with Crippen molar-refractivity contribution in [1.82, 2.24) is 9.78 Å². The van der Waals surface area contributed by atoms with Crippen molar-refractivity contribution < 1.29 is 23.8 Å². The number of hydrogen-bond donors (Lipinski definition) is 1. The number of benzene rings is 1. The monoisotopic (exact) mass is 401 g/mol. The molecule has 0 saturated heterocycles. The normalized spacial score (nSPS) is 11.8. The number of esters is 1. The maximum absolute atomic E-state index is 11.7. The predicted molar refractivity (Wildman–Crippen MR) is 95.1 cm³/mol. The Hall–Kier alpha value is -2.45. The highest BCUT2D eigenvalue weighted by atomic mass is 35.5. The Morgan fingerprint density at radius 2 is 1.85 bits per heavy atom. The molecular formula is C16H17Cl2N3O5. The second-order valence-electron chi connectivity index (χ2n) is 5.35. The topological polar surface area (TPSA) is 106 Å². The highest BCUT2D eigenvalue weighted by Crippen LogP contribution is 2.39. The quantitative estimate of drug-likeness (QED) is 0.745. The van der Waals surface area contributed by atoms with E-state index < -0.39 is 18.0 Å². The van der Waals surface area contributed by atoms with Crippen LogP contribution in [-0.4, -0.2) is 34.9 Å². The van der Waals surface area contributed by atoms with Crippen LogP contribution in [0.5, 0.6) is 17.4 Å². The van der Waals surface area contributed by atoms with Crippen molar-refractivity contribution in [2.24, 2.45) is 12.8 Å². The van der Waals surface area contributed by atoms with Crippen LogP contribution in [0.15, 0.2) is 12.1 Å². The number of hydrogen-bond acceptors (Lipinski definition) is 6. The van der Waals surface area contributed by atoms with Gasteiger partial charge < -0.3 is 19.9 Å². The second kappa shape index (κ2) is 7.84. The Labute approximate surface area is 159 Å². The molecule has 10 heteroatoms. The first-order valence-electron chi connectivity index (χ1n) is 7.40. The lowest BCUT2D eigenvalue weighted by Gasteiger charge is -2.16. The van der Waals surface area contributed by atoms with Gasteiger partial charge in [-0.3, -0.25) is 4.79 Å². The molecule has 26 heavy (non-hydrogen) atoms. The summed E-state index contributed by atoms with van der Waals surface area (Å²) in [5.74, 6) is -0.841. The molecule has 1 atom stereocenters. The molecule has 0 bridgehead atoms. The van der Waals surface area contributed by atoms with Gasteiger partial charge in [0.1, 0.15) is 11.3 Å². The van der Waals surface area contributed by atoms with E-state index in [4.69, 9.17) is 38.4 Å². The van der Waals surface area contributed by atoms with Gasteiger partial charge in [0.05, 0.1) is 22.8 Å². The van der Waals surface area contributed by atoms with Crippen molar-refractivity contribution in [2.75, 3.05) is 7.11 Å². The number of carbonyl (C=O) groups is 2. The molecule has 2 N–H and O–H groups in total. The first-order valence-corrected chi connectivity index (χ1v) is 8.16. The van der Waals surface area contributed by atoms with Gasteiger partial charge in [-0.2, -0.15) is 5.10 Å². The van der Waals surface area contributed by atoms with Crippen molar-refractivity contribution in [3.8, 4) is 17.4 Å². The summed E-state index contributed by atoms with van der Waals surface area (Å²) in [4.78, 5) is 23.2. The van der Waals surface area contributed by atoms with E-state index in [0.29, 0.717) is 5.69 Å². The Morgan fingerprint density at radius 3 is 2.42 bits per heavy atom. The van der Waals surface area contributed by atoms with Crippen LogP contribution in [0.3, 0.4) is 0 Å². The van der Waals surface area contributed by atoms with Crippen molar-refractivity contribution in [3.63, 3.8) is 0 Å². The fourth-order valence-corrected chi connectivity index (χ4v) is 2.69. The number of ether oxygens (including phenoxy) is 3. The maximum atomic E-state index is 11.7. The van der Waals surface area contributed by atoms with E-state index in [2.05, 4.69) is 9.84 Å². The van der Waals surface area contributed by atoms with E-state index >= 15 is 0 Å². The number of primary amides is 1. The van der Waals surface area contributed by atoms with Gasteiger partial charge in [0.25, 0.3) is 5.91 Å². The summed E-state index contributed by atoms with van der Waals surface area (Å²) in [7, 11) is 2.84. The molecule has 1 aromatic heterocycles. The Kier molecular flexibility index (Phi) is 5.99. The minimum Gasteiger partial charge on any atom is -0.477 e. The van der Waals surface area contributed by atoms with Crippen LogP contribution in [0.2, 0.25) is 10.0 Å². The van der Waals surface area contributed by atoms with E-state index in [0.717, 1.165) is 0 Å². The Balaban J connectivity index is 2.41. The SMILES string of the molecule is COC(=O)[C@H](C)Oc1cc(Oc2c(C(N)=O)c(C)nn2C)c(Cl)cc1Cl. The molecule has 1 amide bonds. The molecule has 0 unspecified atom stereocenters. The number of amides is 1. The molecule has 0 aliphatic carbocycles. The standard InChI is InChI=1S/C16H17Cl2N3O5/c1-7-13(14(19)22)15(21(3)20-7)26-12-6-11(9(17)5-10(12)18)25-8(2)16(23)24-4/h5-6,8H,1-4H3,(H2,19,22)/t8-/m0/s1. The summed E-state index contributed by atoms with van der Waals surface area (Å²) in [6, 6.07) is 2.79. The van der Waals surface area contributed by atoms with Crippen molar-refractivity contribution >= 4 is 35.1 Å². The number of aryl methyl sites for hydroxylation is 2. The third kappa shape index (κ3) is 4.03. The van der Waals surface area contributed by atoms with Crippen molar-refractivity contribution in [1.29, 1.82) is 0 Å². The number of methoxy groups -OCH3 is 1. The van der Waals surface area contributed by atoms with Gasteiger partial charge in [-0.15, -0.1) is 0 Å². The molecule has 2 rings (SSSR count). The predicted octanol–water partition coefficient (Wildman–Crippen LogP) is 2.87. The van der Waals surface area contributed by atoms with Crippen LogP contribution in [0.1, 0.15) is 23.0 Å². The number of nitrogens with zero attached hydrogens (tertiary/aromatic N) is 2. The first-order chi connectivity index (χ1) is 12.1. The molecule has 0 spiro atoms. The second-order valence-corrected chi connectivity index (χ2v) is 6.17. The molecule has 140 valence electrons. The highest BCUT2D eigenvalue weighted by Gasteiger charge is 2.23. The molecule has 1 heterocycles. The van der Waals surface area contributed by atoms with Crippen LogP contribution in [-0.2, 0) is 16.6 Å². The number of halogens is 2. The van der Waals surface area contributed by atoms with E-state index in [1.165, 1.54) is 30.8 Å². The summed E-state index contributed by atoms with van der Waals surface area (Å²) in [5.41, 5.74) is 5.93. The summed E-state index contributed by atoms with van der Waals surface area (Å²) < 4.78 is 17.2. The zero-order valence-corrected chi connectivity index (χ0v) is 16.0. The van der Waals surface area contributed by atoms with E-state index in [9.17, 15) is 9.59 Å². The van der Waals surface area contributed by atoms with Gasteiger partial charge in [0, 0.05) is 13.1 Å². The average Bonchev–Trinajstić information content (AvgIpc) is 2.84. The summed E-state index contributed by atoms with van der Waals surface area (Å²) in [5, 5.41) is 4.45. The van der Waals surface area contributed by atoms with E-state index in [-0.39, 0.29) is 33.0 Å². The molecule has 0 aliphatic rings. The average molecular weight is 402 g/mol. The molecule has 0 fully saturated rings. The number of aromatic nitrogens is 2. The molecule has 8 nitrogen and oxygen atoms in total. The van der Waals surface area contributed by atoms with Crippen LogP contribution in [0.25, 0.3) is 0 Å². The van der Waals surface area contributed by atoms with Gasteiger partial charge in [-0.1, -0.05) is 23.2 Å². The zero-order valence-electron chi connectivity index (χ0n) is 14.5. The lowest BCUT2D eigenvalue weighted by Crippen LogP contribution is -2.25. The summed E-state index contributed by atoms with van der Waals surface area (Å²) in [6.45, 7) is 3.13. The fourth-order valence-electron chi connectivity index (χ4n) is 2.23. The highest BCUT2D eigenvalue weighted by molar-refractivity contribution is 6.36. The molecule has 0 radical (unpaired) electrons. The minimum atomic E-state index is -0.897. The number of carbonyl (C=O) groups excluding carboxylic acids is 2. The van der Waals surface area contributed by atoms with Crippen molar-refractivity contribution in [3.05, 3.63) is 33.4 Å². The van der Waals surface area contributed by atoms with Gasteiger partial charge in [0.15, 0.2) is 11.9 Å². The molecule has 1 aromatic carbocycles. The third-order valence-electron chi connectivity index (χ3n) is 3.45. The van der Waals surface area contributed by atoms with Gasteiger partial charge >= 0.3 is 5.97 Å². The van der Waals surface area contributed by atoms with Crippen LogP contribution < -0.4 is 15.2 Å². The van der Waals surface area contributed by atoms with E-state index in [1.807, 2.05) is 0 Å². The van der Waals surface area contributed by atoms with Gasteiger partial charge in [-0.25, -0.2) is 9.48 Å². The fraction of sp³-hybridized carbons (Fsp3) is 0.312. The lowest BCUT2D eigenvalue weighted by molar-refractivity contribution is -0.147. The Bertz CT molecular complexity index is 866. The first kappa shape index (κ1) is 19.9. The third-order valence-corrected chi connectivity index (χ3v) is 4.04. The molecule has 2 aromatic rings. The van der Waals surface area contributed by atoms with Gasteiger partial charge in [-0.05, 0) is 19.9 Å². The van der Waals surface area contributed by atoms with Crippen LogP contribution >= 0.6 is 23.2 Å². The number of nitrogens with two attached hydrogens (primary N) is 1. The smallest absolute Gasteiger partial charge is 0.346 e. The summed E-state index contributed by atoms with van der Waals surface area (Å²) in [6.07, 6.45) is -0.897. The lowest BCUT2D eigenvalue weighted by atomic mass is 10.2. The summed E-state index contributed by atoms with van der Waals surface area (Å²) >= 11 is 12.3. The molecule has 0 saturated carbocycles.